The molecule has 0 saturated carbocycles. The molecule has 1 aliphatic rings. The van der Waals surface area contributed by atoms with E-state index in [4.69, 9.17) is 4.74 Å². The van der Waals surface area contributed by atoms with E-state index < -0.39 is 6.10 Å². The highest BCUT2D eigenvalue weighted by molar-refractivity contribution is 5.78. The number of para-hydroxylation sites is 1. The minimum absolute atomic E-state index is 0.157. The average Bonchev–Trinajstić information content (AvgIpc) is 2.86. The number of carbonyl (C=O) groups is 1. The van der Waals surface area contributed by atoms with Gasteiger partial charge in [0.1, 0.15) is 12.4 Å². The molecule has 1 aromatic rings. The third kappa shape index (κ3) is 5.00. The number of aryl methyl sites for hydroxylation is 1. The molecule has 1 amide bonds. The normalized spacial score (nSPS) is 16.4. The first-order valence-corrected chi connectivity index (χ1v) is 7.89. The van der Waals surface area contributed by atoms with Crippen molar-refractivity contribution in [2.45, 2.75) is 25.9 Å². The Morgan fingerprint density at radius 1 is 1.41 bits per heavy atom. The van der Waals surface area contributed by atoms with Crippen LogP contribution in [0.5, 0.6) is 5.75 Å². The van der Waals surface area contributed by atoms with Crippen LogP contribution in [0.1, 0.15) is 18.4 Å². The van der Waals surface area contributed by atoms with Crippen molar-refractivity contribution in [2.24, 2.45) is 0 Å². The van der Waals surface area contributed by atoms with Gasteiger partial charge in [-0.25, -0.2) is 0 Å². The molecule has 5 nitrogen and oxygen atoms in total. The molecule has 1 fully saturated rings. The maximum Gasteiger partial charge on any atom is 0.222 e. The summed E-state index contributed by atoms with van der Waals surface area (Å²) < 4.78 is 5.75. The Kier molecular flexibility index (Phi) is 6.21. The van der Waals surface area contributed by atoms with Crippen molar-refractivity contribution in [1.82, 2.24) is 9.80 Å². The summed E-state index contributed by atoms with van der Waals surface area (Å²) in [5, 5.41) is 10.1. The molecule has 0 radical (unpaired) electrons. The van der Waals surface area contributed by atoms with Gasteiger partial charge >= 0.3 is 0 Å². The lowest BCUT2D eigenvalue weighted by molar-refractivity contribution is -0.129. The van der Waals surface area contributed by atoms with Crippen molar-refractivity contribution in [3.05, 3.63) is 29.8 Å². The van der Waals surface area contributed by atoms with E-state index in [1.54, 1.807) is 4.90 Å². The van der Waals surface area contributed by atoms with Crippen LogP contribution in [0.2, 0.25) is 0 Å². The molecule has 2 rings (SSSR count). The van der Waals surface area contributed by atoms with E-state index in [9.17, 15) is 9.90 Å². The maximum atomic E-state index is 11.5. The third-order valence-electron chi connectivity index (χ3n) is 3.95. The number of rotatable bonds is 8. The van der Waals surface area contributed by atoms with E-state index in [1.807, 2.05) is 43.1 Å². The van der Waals surface area contributed by atoms with Crippen molar-refractivity contribution in [3.63, 3.8) is 0 Å². The molecule has 22 heavy (non-hydrogen) atoms. The molecule has 0 spiro atoms. The fourth-order valence-electron chi connectivity index (χ4n) is 2.69. The van der Waals surface area contributed by atoms with Crippen LogP contribution in [-0.2, 0) is 4.79 Å². The van der Waals surface area contributed by atoms with E-state index in [1.165, 1.54) is 0 Å². The van der Waals surface area contributed by atoms with Crippen molar-refractivity contribution in [1.29, 1.82) is 0 Å². The number of likely N-dealkylation sites (N-methyl/N-ethyl adjacent to an activating group) is 1. The number of aliphatic hydroxyl groups is 1. The Balaban J connectivity index is 1.66. The highest BCUT2D eigenvalue weighted by Crippen LogP contribution is 2.16. The van der Waals surface area contributed by atoms with Gasteiger partial charge in [0.15, 0.2) is 0 Å². The van der Waals surface area contributed by atoms with Crippen LogP contribution in [0.15, 0.2) is 24.3 Å². The number of hydrogen-bond donors (Lipinski definition) is 1. The zero-order chi connectivity index (χ0) is 15.9. The van der Waals surface area contributed by atoms with E-state index >= 15 is 0 Å². The predicted octanol–water partition coefficient (Wildman–Crippen LogP) is 1.29. The second kappa shape index (κ2) is 8.15. The average molecular weight is 306 g/mol. The molecule has 1 N–H and O–H groups in total. The molecule has 1 unspecified atom stereocenters. The first kappa shape index (κ1) is 16.8. The number of likely N-dealkylation sites (tertiary alicyclic amines) is 1. The van der Waals surface area contributed by atoms with E-state index in [-0.39, 0.29) is 5.91 Å². The van der Waals surface area contributed by atoms with Crippen molar-refractivity contribution < 1.29 is 14.6 Å². The Labute approximate surface area is 132 Å². The van der Waals surface area contributed by atoms with Crippen molar-refractivity contribution in [3.8, 4) is 5.75 Å². The minimum Gasteiger partial charge on any atom is -0.492 e. The van der Waals surface area contributed by atoms with E-state index in [0.29, 0.717) is 26.1 Å². The maximum absolute atomic E-state index is 11.5. The lowest BCUT2D eigenvalue weighted by atomic mass is 10.2. The summed E-state index contributed by atoms with van der Waals surface area (Å²) in [6.07, 6.45) is 1.02. The Morgan fingerprint density at radius 3 is 2.86 bits per heavy atom. The molecule has 1 aliphatic heterocycles. The highest BCUT2D eigenvalue weighted by Gasteiger charge is 2.22. The predicted molar refractivity (Wildman–Crippen MR) is 86.0 cm³/mol. The SMILES string of the molecule is Cc1ccccc1OCCN(C)CC(O)CN1CCCC1=O. The molecular weight excluding hydrogens is 280 g/mol. The van der Waals surface area contributed by atoms with Gasteiger partial charge in [0, 0.05) is 32.6 Å². The Morgan fingerprint density at radius 2 is 2.18 bits per heavy atom. The molecule has 0 bridgehead atoms. The number of carbonyl (C=O) groups excluding carboxylic acids is 1. The van der Waals surface area contributed by atoms with E-state index in [2.05, 4.69) is 0 Å². The quantitative estimate of drug-likeness (QED) is 0.786. The number of amides is 1. The lowest BCUT2D eigenvalue weighted by Gasteiger charge is -2.24. The topological polar surface area (TPSA) is 53.0 Å². The number of β-amino-alcohol motifs (C(OH)–C–C–N with tert-alkyl or cyclic N) is 1. The van der Waals surface area contributed by atoms with Gasteiger partial charge in [0.2, 0.25) is 5.91 Å². The Bertz CT molecular complexity index is 493. The fourth-order valence-corrected chi connectivity index (χ4v) is 2.69. The van der Waals surface area contributed by atoms with Crippen molar-refractivity contribution in [2.75, 3.05) is 39.8 Å². The summed E-state index contributed by atoms with van der Waals surface area (Å²) in [7, 11) is 1.95. The van der Waals surface area contributed by atoms with Crippen LogP contribution >= 0.6 is 0 Å². The summed E-state index contributed by atoms with van der Waals surface area (Å²) in [5.41, 5.74) is 1.12. The van der Waals surface area contributed by atoms with Crippen molar-refractivity contribution >= 4 is 5.91 Å². The van der Waals surface area contributed by atoms with Gasteiger partial charge < -0.3 is 19.6 Å². The first-order valence-electron chi connectivity index (χ1n) is 7.89. The van der Waals surface area contributed by atoms with Gasteiger partial charge in [0.05, 0.1) is 6.10 Å². The lowest BCUT2D eigenvalue weighted by Crippen LogP contribution is -2.40. The van der Waals surface area contributed by atoms with Gasteiger partial charge in [-0.05, 0) is 32.0 Å². The molecule has 122 valence electrons. The summed E-state index contributed by atoms with van der Waals surface area (Å²) in [5.74, 6) is 1.06. The van der Waals surface area contributed by atoms with Crippen LogP contribution in [0, 0.1) is 6.92 Å². The number of ether oxygens (including phenoxy) is 1. The second-order valence-electron chi connectivity index (χ2n) is 5.97. The van der Waals surface area contributed by atoms with Crippen LogP contribution in [0.3, 0.4) is 0 Å². The number of aliphatic hydroxyl groups excluding tert-OH is 1. The zero-order valence-electron chi connectivity index (χ0n) is 13.5. The van der Waals surface area contributed by atoms with E-state index in [0.717, 1.165) is 30.8 Å². The van der Waals surface area contributed by atoms with Gasteiger partial charge in [-0.2, -0.15) is 0 Å². The van der Waals surface area contributed by atoms with Gasteiger partial charge in [-0.15, -0.1) is 0 Å². The molecule has 5 heteroatoms. The first-order chi connectivity index (χ1) is 10.6. The minimum atomic E-state index is -0.509. The monoisotopic (exact) mass is 306 g/mol. The molecule has 1 saturated heterocycles. The van der Waals surface area contributed by atoms with Crippen LogP contribution < -0.4 is 4.74 Å². The molecule has 1 atom stereocenters. The number of nitrogens with zero attached hydrogens (tertiary/aromatic N) is 2. The second-order valence-corrected chi connectivity index (χ2v) is 5.97. The molecule has 1 aromatic carbocycles. The summed E-state index contributed by atoms with van der Waals surface area (Å²) in [6.45, 7) is 5.09. The third-order valence-corrected chi connectivity index (χ3v) is 3.95. The van der Waals surface area contributed by atoms with Gasteiger partial charge in [-0.1, -0.05) is 18.2 Å². The van der Waals surface area contributed by atoms with Crippen LogP contribution in [-0.4, -0.2) is 66.8 Å². The van der Waals surface area contributed by atoms with Crippen LogP contribution in [0.25, 0.3) is 0 Å². The molecule has 0 aliphatic carbocycles. The standard InChI is InChI=1S/C17H26N2O3/c1-14-6-3-4-7-16(14)22-11-10-18(2)12-15(20)13-19-9-5-8-17(19)21/h3-4,6-7,15,20H,5,8-13H2,1-2H3. The fraction of sp³-hybridized carbons (Fsp3) is 0.588. The number of benzene rings is 1. The summed E-state index contributed by atoms with van der Waals surface area (Å²) in [4.78, 5) is 15.3. The zero-order valence-corrected chi connectivity index (χ0v) is 13.5. The van der Waals surface area contributed by atoms with Gasteiger partial charge in [-0.3, -0.25) is 4.79 Å². The largest absolute Gasteiger partial charge is 0.492 e. The highest BCUT2D eigenvalue weighted by atomic mass is 16.5. The molecular formula is C17H26N2O3. The van der Waals surface area contributed by atoms with Crippen LogP contribution in [0.4, 0.5) is 0 Å². The molecule has 1 heterocycles. The summed E-state index contributed by atoms with van der Waals surface area (Å²) >= 11 is 0. The smallest absolute Gasteiger partial charge is 0.222 e. The number of hydrogen-bond acceptors (Lipinski definition) is 4. The molecule has 0 aromatic heterocycles. The Hall–Kier alpha value is -1.59. The van der Waals surface area contributed by atoms with Gasteiger partial charge in [0.25, 0.3) is 0 Å². The summed E-state index contributed by atoms with van der Waals surface area (Å²) in [6, 6.07) is 7.94.